The van der Waals surface area contributed by atoms with Crippen LogP contribution in [0.5, 0.6) is 5.75 Å². The minimum Gasteiger partial charge on any atom is -0.484 e. The summed E-state index contributed by atoms with van der Waals surface area (Å²) in [6.45, 7) is 6.65. The highest BCUT2D eigenvalue weighted by atomic mass is 35.5. The van der Waals surface area contributed by atoms with Crippen LogP contribution in [0.15, 0.2) is 36.5 Å². The maximum Gasteiger partial charge on any atom is 0.257 e. The average molecular weight is 394 g/mol. The number of rotatable bonds is 11. The van der Waals surface area contributed by atoms with Crippen molar-refractivity contribution >= 4 is 23.4 Å². The van der Waals surface area contributed by atoms with Gasteiger partial charge in [-0.1, -0.05) is 18.2 Å². The fourth-order valence-corrected chi connectivity index (χ4v) is 2.82. The Labute approximate surface area is 165 Å². The zero-order chi connectivity index (χ0) is 19.8. The largest absolute Gasteiger partial charge is 0.484 e. The number of hydrogen-bond acceptors (Lipinski definition) is 4. The molecule has 2 rings (SSSR count). The van der Waals surface area contributed by atoms with Crippen LogP contribution in [0, 0.1) is 5.92 Å². The minimum absolute atomic E-state index is 0.0765. The number of ether oxygens (including phenoxy) is 1. The van der Waals surface area contributed by atoms with E-state index in [1.54, 1.807) is 24.3 Å². The lowest BCUT2D eigenvalue weighted by Crippen LogP contribution is -2.40. The van der Waals surface area contributed by atoms with E-state index in [9.17, 15) is 9.59 Å². The molecule has 0 aliphatic heterocycles. The van der Waals surface area contributed by atoms with Crippen molar-refractivity contribution in [2.75, 3.05) is 26.7 Å². The van der Waals surface area contributed by atoms with Gasteiger partial charge >= 0.3 is 0 Å². The van der Waals surface area contributed by atoms with Crippen LogP contribution in [0.25, 0.3) is 0 Å². The number of benzene rings is 1. The number of amides is 2. The third kappa shape index (κ3) is 8.01. The molecular formula is C20H28ClN3O3. The molecule has 7 heteroatoms. The first-order valence-corrected chi connectivity index (χ1v) is 9.56. The lowest BCUT2D eigenvalue weighted by Gasteiger charge is -2.24. The summed E-state index contributed by atoms with van der Waals surface area (Å²) in [4.78, 5) is 25.9. The Bertz CT molecular complexity index is 659. The van der Waals surface area contributed by atoms with E-state index in [2.05, 4.69) is 29.0 Å². The molecule has 1 aromatic rings. The Kier molecular flexibility index (Phi) is 8.13. The number of halogens is 1. The summed E-state index contributed by atoms with van der Waals surface area (Å²) in [5, 5.41) is 6.14. The summed E-state index contributed by atoms with van der Waals surface area (Å²) in [5.74, 6) is 0.988. The van der Waals surface area contributed by atoms with E-state index in [-0.39, 0.29) is 18.4 Å². The molecule has 148 valence electrons. The molecule has 1 saturated carbocycles. The summed E-state index contributed by atoms with van der Waals surface area (Å²) < 4.78 is 5.37. The fourth-order valence-electron chi connectivity index (χ4n) is 2.69. The molecule has 0 radical (unpaired) electrons. The van der Waals surface area contributed by atoms with Gasteiger partial charge in [0.05, 0.1) is 6.54 Å². The second kappa shape index (κ2) is 10.3. The van der Waals surface area contributed by atoms with Gasteiger partial charge in [-0.2, -0.15) is 0 Å². The Morgan fingerprint density at radius 2 is 1.96 bits per heavy atom. The van der Waals surface area contributed by atoms with Crippen molar-refractivity contribution in [3.63, 3.8) is 0 Å². The van der Waals surface area contributed by atoms with Crippen LogP contribution in [-0.4, -0.2) is 49.5 Å². The van der Waals surface area contributed by atoms with Gasteiger partial charge in [0.25, 0.3) is 5.91 Å². The van der Waals surface area contributed by atoms with Crippen molar-refractivity contribution < 1.29 is 14.3 Å². The van der Waals surface area contributed by atoms with Gasteiger partial charge in [-0.15, -0.1) is 0 Å². The molecule has 0 unspecified atom stereocenters. The van der Waals surface area contributed by atoms with Crippen LogP contribution in [0.3, 0.4) is 0 Å². The third-order valence-corrected chi connectivity index (χ3v) is 4.89. The highest BCUT2D eigenvalue weighted by molar-refractivity contribution is 6.30. The van der Waals surface area contributed by atoms with Crippen LogP contribution in [0.4, 0.5) is 0 Å². The number of carbonyl (C=O) groups excluding carboxylic acids is 2. The third-order valence-electron chi connectivity index (χ3n) is 4.64. The topological polar surface area (TPSA) is 70.7 Å². The summed E-state index contributed by atoms with van der Waals surface area (Å²) >= 11 is 5.79. The fraction of sp³-hybridized carbons (Fsp3) is 0.500. The predicted octanol–water partition coefficient (Wildman–Crippen LogP) is 2.59. The van der Waals surface area contributed by atoms with E-state index in [4.69, 9.17) is 16.3 Å². The molecule has 0 bridgehead atoms. The molecule has 1 aliphatic rings. The summed E-state index contributed by atoms with van der Waals surface area (Å²) in [6.07, 6.45) is 2.98. The normalized spacial score (nSPS) is 14.5. The molecule has 1 aliphatic carbocycles. The Hall–Kier alpha value is -2.05. The first-order chi connectivity index (χ1) is 12.8. The first-order valence-electron chi connectivity index (χ1n) is 9.18. The minimum atomic E-state index is -0.234. The lowest BCUT2D eigenvalue weighted by atomic mass is 10.2. The molecule has 0 heterocycles. The molecule has 1 atom stereocenters. The van der Waals surface area contributed by atoms with Crippen molar-refractivity contribution in [2.45, 2.75) is 32.2 Å². The quantitative estimate of drug-likeness (QED) is 0.606. The van der Waals surface area contributed by atoms with E-state index in [1.165, 1.54) is 12.8 Å². The lowest BCUT2D eigenvalue weighted by molar-refractivity contribution is -0.123. The zero-order valence-corrected chi connectivity index (χ0v) is 16.7. The predicted molar refractivity (Wildman–Crippen MR) is 107 cm³/mol. The maximum atomic E-state index is 12.1. The van der Waals surface area contributed by atoms with E-state index in [0.29, 0.717) is 42.0 Å². The number of nitrogens with zero attached hydrogens (tertiary/aromatic N) is 1. The summed E-state index contributed by atoms with van der Waals surface area (Å²) in [7, 11) is 1.96. The van der Waals surface area contributed by atoms with Gasteiger partial charge in [0, 0.05) is 29.7 Å². The molecule has 0 saturated heterocycles. The van der Waals surface area contributed by atoms with E-state index in [0.717, 1.165) is 5.92 Å². The van der Waals surface area contributed by atoms with Gasteiger partial charge in [0.15, 0.2) is 6.61 Å². The second-order valence-corrected chi connectivity index (χ2v) is 7.42. The molecule has 0 spiro atoms. The highest BCUT2D eigenvalue weighted by Crippen LogP contribution is 2.34. The standard InChI is InChI=1S/C20H28ClN3O3/c1-14(23-19(25)12-24(3)15(2)16-4-5-16)10-11-22-20(26)13-27-18-8-6-17(21)7-9-18/h6-9,15-16H,1,4-5,10-13H2,2-3H3,(H,22,26)(H,23,25)/t15-/m1/s1. The molecular weight excluding hydrogens is 366 g/mol. The van der Waals surface area contributed by atoms with Crippen LogP contribution < -0.4 is 15.4 Å². The smallest absolute Gasteiger partial charge is 0.257 e. The van der Waals surface area contributed by atoms with Gasteiger partial charge in [-0.25, -0.2) is 0 Å². The van der Waals surface area contributed by atoms with E-state index < -0.39 is 0 Å². The van der Waals surface area contributed by atoms with Crippen molar-refractivity contribution in [2.24, 2.45) is 5.92 Å². The van der Waals surface area contributed by atoms with Crippen LogP contribution >= 0.6 is 11.6 Å². The molecule has 27 heavy (non-hydrogen) atoms. The van der Waals surface area contributed by atoms with Gasteiger partial charge < -0.3 is 15.4 Å². The monoisotopic (exact) mass is 393 g/mol. The highest BCUT2D eigenvalue weighted by Gasteiger charge is 2.30. The average Bonchev–Trinajstić information content (AvgIpc) is 3.45. The van der Waals surface area contributed by atoms with Gasteiger partial charge in [0.1, 0.15) is 5.75 Å². The second-order valence-electron chi connectivity index (χ2n) is 6.99. The van der Waals surface area contributed by atoms with Crippen LogP contribution in [-0.2, 0) is 9.59 Å². The molecule has 1 fully saturated rings. The van der Waals surface area contributed by atoms with Crippen LogP contribution in [0.1, 0.15) is 26.2 Å². The van der Waals surface area contributed by atoms with Crippen LogP contribution in [0.2, 0.25) is 5.02 Å². The number of carbonyl (C=O) groups is 2. The van der Waals surface area contributed by atoms with Crippen molar-refractivity contribution in [1.82, 2.24) is 15.5 Å². The SMILES string of the molecule is C=C(CCNC(=O)COc1ccc(Cl)cc1)NC(=O)CN(C)[C@H](C)C1CC1. The van der Waals surface area contributed by atoms with Crippen molar-refractivity contribution in [3.05, 3.63) is 41.6 Å². The molecule has 2 N–H and O–H groups in total. The van der Waals surface area contributed by atoms with E-state index >= 15 is 0 Å². The summed E-state index contributed by atoms with van der Waals surface area (Å²) in [6, 6.07) is 7.22. The Balaban J connectivity index is 1.57. The molecule has 2 amide bonds. The van der Waals surface area contributed by atoms with Gasteiger partial charge in [-0.3, -0.25) is 14.5 Å². The molecule has 0 aromatic heterocycles. The number of nitrogens with one attached hydrogen (secondary N) is 2. The summed E-state index contributed by atoms with van der Waals surface area (Å²) in [5.41, 5.74) is 0.589. The zero-order valence-electron chi connectivity index (χ0n) is 16.0. The number of hydrogen-bond donors (Lipinski definition) is 2. The number of likely N-dealkylation sites (N-methyl/N-ethyl adjacent to an activating group) is 1. The van der Waals surface area contributed by atoms with Crippen molar-refractivity contribution in [1.29, 1.82) is 0 Å². The molecule has 1 aromatic carbocycles. The Morgan fingerprint density at radius 3 is 2.59 bits per heavy atom. The Morgan fingerprint density at radius 1 is 1.30 bits per heavy atom. The molecule has 6 nitrogen and oxygen atoms in total. The van der Waals surface area contributed by atoms with E-state index in [1.807, 2.05) is 7.05 Å². The van der Waals surface area contributed by atoms with Gasteiger partial charge in [-0.05, 0) is 57.0 Å². The maximum absolute atomic E-state index is 12.1. The van der Waals surface area contributed by atoms with Gasteiger partial charge in [0.2, 0.25) is 5.91 Å². The first kappa shape index (κ1) is 21.3. The van der Waals surface area contributed by atoms with Crippen molar-refractivity contribution in [3.8, 4) is 5.75 Å².